The summed E-state index contributed by atoms with van der Waals surface area (Å²) in [7, 11) is 0. The van der Waals surface area contributed by atoms with E-state index in [2.05, 4.69) is 15.3 Å². The van der Waals surface area contributed by atoms with Crippen molar-refractivity contribution in [2.24, 2.45) is 0 Å². The fourth-order valence-corrected chi connectivity index (χ4v) is 4.37. The first-order valence-corrected chi connectivity index (χ1v) is 10.0. The summed E-state index contributed by atoms with van der Waals surface area (Å²) in [5, 5.41) is 6.44. The van der Waals surface area contributed by atoms with Gasteiger partial charge in [-0.1, -0.05) is 41.9 Å². The number of nitrogens with zero attached hydrogens (tertiary/aromatic N) is 1. The summed E-state index contributed by atoms with van der Waals surface area (Å²) in [5.41, 5.74) is 2.34. The molecule has 0 aliphatic carbocycles. The molecule has 0 aliphatic rings. The summed E-state index contributed by atoms with van der Waals surface area (Å²) in [6, 6.07) is 13.7. The lowest BCUT2D eigenvalue weighted by Gasteiger charge is -2.15. The third-order valence-corrected chi connectivity index (χ3v) is 5.81. The summed E-state index contributed by atoms with van der Waals surface area (Å²) < 4.78 is 13.2. The highest BCUT2D eigenvalue weighted by Gasteiger charge is 2.14. The summed E-state index contributed by atoms with van der Waals surface area (Å²) in [5.74, 6) is 0.250. The van der Waals surface area contributed by atoms with Crippen LogP contribution < -0.4 is 10.9 Å². The van der Waals surface area contributed by atoms with Crippen LogP contribution in [0.2, 0.25) is 5.02 Å². The Labute approximate surface area is 170 Å². The van der Waals surface area contributed by atoms with Crippen molar-refractivity contribution in [3.05, 3.63) is 86.5 Å². The van der Waals surface area contributed by atoms with Crippen molar-refractivity contribution in [1.29, 1.82) is 0 Å². The second-order valence-electron chi connectivity index (χ2n) is 6.47. The molecule has 0 spiro atoms. The van der Waals surface area contributed by atoms with Crippen LogP contribution >= 0.6 is 22.9 Å². The van der Waals surface area contributed by atoms with Crippen LogP contribution in [-0.2, 0) is 6.54 Å². The quantitative estimate of drug-likeness (QED) is 0.467. The molecule has 2 heterocycles. The van der Waals surface area contributed by atoms with Crippen molar-refractivity contribution in [2.45, 2.75) is 19.5 Å². The van der Waals surface area contributed by atoms with Crippen LogP contribution in [0.25, 0.3) is 21.3 Å². The Morgan fingerprint density at radius 2 is 1.96 bits per heavy atom. The molecule has 2 aromatic carbocycles. The predicted octanol–water partition coefficient (Wildman–Crippen LogP) is 5.29. The molecule has 0 unspecified atom stereocenters. The van der Waals surface area contributed by atoms with Gasteiger partial charge in [-0.2, -0.15) is 0 Å². The molecule has 2 aromatic heterocycles. The molecular formula is C21H17ClFN3OS. The maximum Gasteiger partial charge on any atom is 0.260 e. The Balaban J connectivity index is 1.59. The lowest BCUT2D eigenvalue weighted by molar-refractivity contribution is 0.560. The molecule has 2 N–H and O–H groups in total. The van der Waals surface area contributed by atoms with Gasteiger partial charge in [-0.25, -0.2) is 9.37 Å². The Hall–Kier alpha value is -2.54. The number of rotatable bonds is 5. The highest BCUT2D eigenvalue weighted by Crippen LogP contribution is 2.30. The zero-order chi connectivity index (χ0) is 19.7. The minimum atomic E-state index is -0.309. The largest absolute Gasteiger partial charge is 0.309 e. The van der Waals surface area contributed by atoms with Gasteiger partial charge in [-0.05, 0) is 36.2 Å². The molecule has 0 fully saturated rings. The first-order chi connectivity index (χ1) is 13.5. The van der Waals surface area contributed by atoms with E-state index in [1.165, 1.54) is 23.5 Å². The molecule has 0 saturated heterocycles. The van der Waals surface area contributed by atoms with Crippen molar-refractivity contribution in [2.75, 3.05) is 0 Å². The first kappa shape index (κ1) is 18.8. The van der Waals surface area contributed by atoms with Crippen LogP contribution in [0, 0.1) is 5.82 Å². The Kier molecular flexibility index (Phi) is 5.26. The van der Waals surface area contributed by atoms with Crippen LogP contribution in [0.15, 0.2) is 58.7 Å². The number of fused-ring (bicyclic) bond motifs is 1. The molecule has 28 heavy (non-hydrogen) atoms. The van der Waals surface area contributed by atoms with E-state index < -0.39 is 0 Å². The van der Waals surface area contributed by atoms with Crippen LogP contribution in [-0.4, -0.2) is 9.97 Å². The van der Waals surface area contributed by atoms with Gasteiger partial charge in [-0.15, -0.1) is 11.3 Å². The molecule has 1 atom stereocenters. The Morgan fingerprint density at radius 1 is 1.21 bits per heavy atom. The molecule has 0 aliphatic heterocycles. The lowest BCUT2D eigenvalue weighted by Crippen LogP contribution is -2.22. The fraction of sp³-hybridized carbons (Fsp3) is 0.143. The third kappa shape index (κ3) is 3.71. The smallest absolute Gasteiger partial charge is 0.260 e. The van der Waals surface area contributed by atoms with Gasteiger partial charge in [0.2, 0.25) is 0 Å². The zero-order valence-corrected chi connectivity index (χ0v) is 16.6. The first-order valence-electron chi connectivity index (χ1n) is 8.77. The van der Waals surface area contributed by atoms with Gasteiger partial charge in [0.25, 0.3) is 5.56 Å². The molecular weight excluding hydrogens is 397 g/mol. The third-order valence-electron chi connectivity index (χ3n) is 4.60. The van der Waals surface area contributed by atoms with Crippen LogP contribution in [0.4, 0.5) is 4.39 Å². The van der Waals surface area contributed by atoms with E-state index in [1.54, 1.807) is 12.1 Å². The number of halogens is 2. The second kappa shape index (κ2) is 7.83. The number of aromatic amines is 1. The second-order valence-corrected chi connectivity index (χ2v) is 7.74. The van der Waals surface area contributed by atoms with Gasteiger partial charge in [0.15, 0.2) is 0 Å². The van der Waals surface area contributed by atoms with Crippen molar-refractivity contribution >= 4 is 33.2 Å². The molecule has 4 aromatic rings. The van der Waals surface area contributed by atoms with Gasteiger partial charge >= 0.3 is 0 Å². The van der Waals surface area contributed by atoms with Gasteiger partial charge in [0.1, 0.15) is 16.5 Å². The summed E-state index contributed by atoms with van der Waals surface area (Å²) >= 11 is 7.64. The maximum atomic E-state index is 13.2. The predicted molar refractivity (Wildman–Crippen MR) is 112 cm³/mol. The van der Waals surface area contributed by atoms with Gasteiger partial charge in [0.05, 0.1) is 11.9 Å². The number of hydrogen-bond donors (Lipinski definition) is 2. The average Bonchev–Trinajstić information content (AvgIpc) is 3.12. The van der Waals surface area contributed by atoms with Crippen LogP contribution in [0.5, 0.6) is 0 Å². The average molecular weight is 414 g/mol. The SMILES string of the molecule is C[C@@H](NCc1nc2scc(-c3ccc(F)cc3)c2c(=O)[nH]1)c1ccccc1Cl. The maximum absolute atomic E-state index is 13.2. The number of H-pyrrole nitrogens is 1. The monoisotopic (exact) mass is 413 g/mol. The zero-order valence-electron chi connectivity index (χ0n) is 15.0. The van der Waals surface area contributed by atoms with Crippen molar-refractivity contribution in [3.8, 4) is 11.1 Å². The Bertz CT molecular complexity index is 1190. The van der Waals surface area contributed by atoms with E-state index in [0.29, 0.717) is 27.6 Å². The highest BCUT2D eigenvalue weighted by molar-refractivity contribution is 7.17. The van der Waals surface area contributed by atoms with E-state index >= 15 is 0 Å². The number of aromatic nitrogens is 2. The normalized spacial score (nSPS) is 12.4. The number of thiophene rings is 1. The van der Waals surface area contributed by atoms with Crippen molar-refractivity contribution in [1.82, 2.24) is 15.3 Å². The number of nitrogens with one attached hydrogen (secondary N) is 2. The van der Waals surface area contributed by atoms with E-state index in [0.717, 1.165) is 16.7 Å². The topological polar surface area (TPSA) is 57.8 Å². The van der Waals surface area contributed by atoms with E-state index in [9.17, 15) is 9.18 Å². The van der Waals surface area contributed by atoms with Crippen LogP contribution in [0.1, 0.15) is 24.4 Å². The number of hydrogen-bond acceptors (Lipinski definition) is 4. The minimum absolute atomic E-state index is 0.00723. The van der Waals surface area contributed by atoms with E-state index in [-0.39, 0.29) is 17.4 Å². The van der Waals surface area contributed by atoms with Crippen LogP contribution in [0.3, 0.4) is 0 Å². The molecule has 0 radical (unpaired) electrons. The number of benzene rings is 2. The summed E-state index contributed by atoms with van der Waals surface area (Å²) in [6.07, 6.45) is 0. The van der Waals surface area contributed by atoms with Crippen molar-refractivity contribution in [3.63, 3.8) is 0 Å². The lowest BCUT2D eigenvalue weighted by atomic mass is 10.1. The van der Waals surface area contributed by atoms with Gasteiger partial charge in [0, 0.05) is 22.0 Å². The standard InChI is InChI=1S/C21H17ClFN3OS/c1-12(15-4-2-3-5-17(15)22)24-10-18-25-20(27)19-16(11-28-21(19)26-18)13-6-8-14(23)9-7-13/h2-9,11-12,24H,10H2,1H3,(H,25,26,27)/t12-/m1/s1. The van der Waals surface area contributed by atoms with E-state index in [4.69, 9.17) is 11.6 Å². The molecule has 0 saturated carbocycles. The fourth-order valence-electron chi connectivity index (χ4n) is 3.11. The van der Waals surface area contributed by atoms with Gasteiger partial charge in [-0.3, -0.25) is 4.79 Å². The van der Waals surface area contributed by atoms with E-state index in [1.807, 2.05) is 36.6 Å². The minimum Gasteiger partial charge on any atom is -0.309 e. The molecule has 0 bridgehead atoms. The van der Waals surface area contributed by atoms with Crippen molar-refractivity contribution < 1.29 is 4.39 Å². The molecule has 142 valence electrons. The molecule has 0 amide bonds. The van der Waals surface area contributed by atoms with Gasteiger partial charge < -0.3 is 10.3 Å². The summed E-state index contributed by atoms with van der Waals surface area (Å²) in [4.78, 5) is 20.8. The highest BCUT2D eigenvalue weighted by atomic mass is 35.5. The molecule has 4 nitrogen and oxygen atoms in total. The molecule has 7 heteroatoms. The summed E-state index contributed by atoms with van der Waals surface area (Å²) in [6.45, 7) is 2.41. The Morgan fingerprint density at radius 3 is 2.71 bits per heavy atom. The molecule has 4 rings (SSSR count).